The van der Waals surface area contributed by atoms with Gasteiger partial charge in [0.2, 0.25) is 11.8 Å². The highest BCUT2D eigenvalue weighted by atomic mass is 32.1. The number of carboxylic acid groups (broad SMARTS) is 1. The minimum atomic E-state index is -1.06. The van der Waals surface area contributed by atoms with Crippen molar-refractivity contribution < 1.29 is 19.1 Å². The first-order chi connectivity index (χ1) is 10.00. The topological polar surface area (TPSA) is 92.4 Å². The van der Waals surface area contributed by atoms with E-state index in [2.05, 4.69) is 10.3 Å². The summed E-state index contributed by atoms with van der Waals surface area (Å²) in [6.45, 7) is 1.75. The third-order valence-electron chi connectivity index (χ3n) is 3.53. The van der Waals surface area contributed by atoms with Crippen LogP contribution >= 0.6 is 11.3 Å². The zero-order chi connectivity index (χ0) is 15.0. The van der Waals surface area contributed by atoms with E-state index >= 15 is 0 Å². The van der Waals surface area contributed by atoms with E-state index in [0.29, 0.717) is 30.2 Å². The summed E-state index contributed by atoms with van der Waals surface area (Å²) >= 11 is 1.54. The molecule has 0 bridgehead atoms. The van der Waals surface area contributed by atoms with Gasteiger partial charge < -0.3 is 14.8 Å². The standard InChI is InChI=1S/C14H14N2O4S/c1-8-10(15-12(20-8)9-2-5-21-7-9)6-11(17)16-14(3-4-14)13(18)19/h2,5,7H,3-4,6H2,1H3,(H,16,17)(H,18,19). The van der Waals surface area contributed by atoms with Gasteiger partial charge in [0.1, 0.15) is 11.3 Å². The van der Waals surface area contributed by atoms with Crippen LogP contribution in [-0.4, -0.2) is 27.5 Å². The molecule has 0 unspecified atom stereocenters. The minimum absolute atomic E-state index is 0.0223. The van der Waals surface area contributed by atoms with Crippen molar-refractivity contribution in [3.63, 3.8) is 0 Å². The number of aromatic nitrogens is 1. The highest BCUT2D eigenvalue weighted by molar-refractivity contribution is 7.08. The van der Waals surface area contributed by atoms with E-state index in [9.17, 15) is 9.59 Å². The maximum absolute atomic E-state index is 12.0. The molecule has 2 N–H and O–H groups in total. The number of thiophene rings is 1. The lowest BCUT2D eigenvalue weighted by Crippen LogP contribution is -2.43. The molecule has 0 aliphatic heterocycles. The van der Waals surface area contributed by atoms with Gasteiger partial charge in [-0.3, -0.25) is 4.79 Å². The number of rotatable bonds is 5. The fraction of sp³-hybridized carbons (Fsp3) is 0.357. The molecule has 2 aromatic rings. The smallest absolute Gasteiger partial charge is 0.329 e. The van der Waals surface area contributed by atoms with Gasteiger partial charge in [0.25, 0.3) is 0 Å². The Labute approximate surface area is 124 Å². The second-order valence-corrected chi connectivity index (χ2v) is 5.93. The van der Waals surface area contributed by atoms with E-state index in [0.717, 1.165) is 5.56 Å². The molecular formula is C14H14N2O4S. The van der Waals surface area contributed by atoms with E-state index in [1.165, 1.54) is 11.3 Å². The normalized spacial score (nSPS) is 15.7. The van der Waals surface area contributed by atoms with Gasteiger partial charge in [0.15, 0.2) is 0 Å². The van der Waals surface area contributed by atoms with E-state index in [1.54, 1.807) is 6.92 Å². The highest BCUT2D eigenvalue weighted by Crippen LogP contribution is 2.35. The molecule has 0 aromatic carbocycles. The molecule has 0 atom stereocenters. The number of nitrogens with one attached hydrogen (secondary N) is 1. The van der Waals surface area contributed by atoms with Gasteiger partial charge in [0, 0.05) is 10.9 Å². The Balaban J connectivity index is 1.71. The second kappa shape index (κ2) is 5.00. The first-order valence-electron chi connectivity index (χ1n) is 6.53. The van der Waals surface area contributed by atoms with Gasteiger partial charge in [-0.15, -0.1) is 0 Å². The van der Waals surface area contributed by atoms with E-state index in [1.807, 2.05) is 16.8 Å². The first-order valence-corrected chi connectivity index (χ1v) is 7.48. The average Bonchev–Trinajstić information content (AvgIpc) is 2.86. The highest BCUT2D eigenvalue weighted by Gasteiger charge is 2.51. The number of nitrogens with zero attached hydrogens (tertiary/aromatic N) is 1. The number of carbonyl (C=O) groups is 2. The van der Waals surface area contributed by atoms with Crippen LogP contribution in [0.4, 0.5) is 0 Å². The lowest BCUT2D eigenvalue weighted by Gasteiger charge is -2.11. The molecule has 1 fully saturated rings. The molecule has 1 amide bonds. The molecule has 1 saturated carbocycles. The van der Waals surface area contributed by atoms with Crippen molar-refractivity contribution in [2.24, 2.45) is 0 Å². The van der Waals surface area contributed by atoms with Crippen LogP contribution < -0.4 is 5.32 Å². The van der Waals surface area contributed by atoms with Crippen molar-refractivity contribution >= 4 is 23.2 Å². The van der Waals surface area contributed by atoms with E-state index in [4.69, 9.17) is 9.52 Å². The summed E-state index contributed by atoms with van der Waals surface area (Å²) in [4.78, 5) is 27.3. The second-order valence-electron chi connectivity index (χ2n) is 5.15. The van der Waals surface area contributed by atoms with Crippen molar-refractivity contribution in [2.45, 2.75) is 31.7 Å². The van der Waals surface area contributed by atoms with Crippen LogP contribution in [0.15, 0.2) is 21.2 Å². The van der Waals surface area contributed by atoms with Crippen molar-refractivity contribution in [1.82, 2.24) is 10.3 Å². The molecular weight excluding hydrogens is 292 g/mol. The van der Waals surface area contributed by atoms with E-state index in [-0.39, 0.29) is 12.3 Å². The Bertz CT molecular complexity index is 686. The first kappa shape index (κ1) is 13.8. The third-order valence-corrected chi connectivity index (χ3v) is 4.21. The van der Waals surface area contributed by atoms with Crippen LogP contribution in [0, 0.1) is 6.92 Å². The number of carbonyl (C=O) groups excluding carboxylic acids is 1. The molecule has 110 valence electrons. The van der Waals surface area contributed by atoms with Crippen LogP contribution in [0.5, 0.6) is 0 Å². The minimum Gasteiger partial charge on any atom is -0.480 e. The Morgan fingerprint density at radius 2 is 2.29 bits per heavy atom. The number of amides is 1. The molecule has 6 nitrogen and oxygen atoms in total. The number of aryl methyl sites for hydroxylation is 1. The Morgan fingerprint density at radius 1 is 1.52 bits per heavy atom. The van der Waals surface area contributed by atoms with Gasteiger partial charge in [0.05, 0.1) is 12.1 Å². The summed E-state index contributed by atoms with van der Waals surface area (Å²) in [5, 5.41) is 15.5. The third kappa shape index (κ3) is 2.69. The van der Waals surface area contributed by atoms with E-state index < -0.39 is 11.5 Å². The number of hydrogen-bond donors (Lipinski definition) is 2. The molecule has 1 aliphatic carbocycles. The van der Waals surface area contributed by atoms with Gasteiger partial charge in [-0.1, -0.05) is 0 Å². The predicted molar refractivity (Wildman–Crippen MR) is 76.0 cm³/mol. The summed E-state index contributed by atoms with van der Waals surface area (Å²) < 4.78 is 5.55. The molecule has 0 saturated heterocycles. The SMILES string of the molecule is Cc1oc(-c2ccsc2)nc1CC(=O)NC1(C(=O)O)CC1. The van der Waals surface area contributed by atoms with Crippen LogP contribution in [0.1, 0.15) is 24.3 Å². The predicted octanol–water partition coefficient (Wildman–Crippen LogP) is 1.99. The molecule has 1 aliphatic rings. The van der Waals surface area contributed by atoms with Crippen molar-refractivity contribution in [2.75, 3.05) is 0 Å². The van der Waals surface area contributed by atoms with Crippen LogP contribution in [0.25, 0.3) is 11.5 Å². The zero-order valence-corrected chi connectivity index (χ0v) is 12.2. The van der Waals surface area contributed by atoms with Crippen LogP contribution in [-0.2, 0) is 16.0 Å². The van der Waals surface area contributed by atoms with Crippen LogP contribution in [0.3, 0.4) is 0 Å². The summed E-state index contributed by atoms with van der Waals surface area (Å²) in [5.74, 6) is -0.266. The maximum Gasteiger partial charge on any atom is 0.329 e. The number of hydrogen-bond acceptors (Lipinski definition) is 5. The summed E-state index contributed by atoms with van der Waals surface area (Å²) in [6.07, 6.45) is 0.979. The van der Waals surface area contributed by atoms with Crippen LogP contribution in [0.2, 0.25) is 0 Å². The van der Waals surface area contributed by atoms with Gasteiger partial charge in [-0.05, 0) is 31.2 Å². The molecule has 2 heterocycles. The summed E-state index contributed by atoms with van der Waals surface area (Å²) in [5.41, 5.74) is 0.346. The molecule has 0 radical (unpaired) electrons. The Kier molecular flexibility index (Phi) is 3.29. The zero-order valence-electron chi connectivity index (χ0n) is 11.4. The average molecular weight is 306 g/mol. The van der Waals surface area contributed by atoms with Crippen molar-refractivity contribution in [1.29, 1.82) is 0 Å². The Hall–Kier alpha value is -2.15. The van der Waals surface area contributed by atoms with Crippen molar-refractivity contribution in [3.8, 4) is 11.5 Å². The molecule has 3 rings (SSSR count). The maximum atomic E-state index is 12.0. The fourth-order valence-electron chi connectivity index (χ4n) is 2.08. The molecule has 2 aromatic heterocycles. The lowest BCUT2D eigenvalue weighted by molar-refractivity contribution is -0.143. The number of oxazole rings is 1. The van der Waals surface area contributed by atoms with Crippen molar-refractivity contribution in [3.05, 3.63) is 28.3 Å². The fourth-order valence-corrected chi connectivity index (χ4v) is 2.71. The van der Waals surface area contributed by atoms with Gasteiger partial charge >= 0.3 is 5.97 Å². The molecule has 0 spiro atoms. The molecule has 21 heavy (non-hydrogen) atoms. The monoisotopic (exact) mass is 306 g/mol. The van der Waals surface area contributed by atoms with Gasteiger partial charge in [-0.25, -0.2) is 9.78 Å². The summed E-state index contributed by atoms with van der Waals surface area (Å²) in [7, 11) is 0. The summed E-state index contributed by atoms with van der Waals surface area (Å²) in [6, 6.07) is 1.89. The largest absolute Gasteiger partial charge is 0.480 e. The lowest BCUT2D eigenvalue weighted by atomic mass is 10.2. The molecule has 7 heteroatoms. The Morgan fingerprint density at radius 3 is 2.86 bits per heavy atom. The number of carboxylic acids is 1. The van der Waals surface area contributed by atoms with Gasteiger partial charge in [-0.2, -0.15) is 11.3 Å². The quantitative estimate of drug-likeness (QED) is 0.881. The number of aliphatic carboxylic acids is 1.